The molecule has 0 bridgehead atoms. The van der Waals surface area contributed by atoms with Gasteiger partial charge in [-0.25, -0.2) is 0 Å². The van der Waals surface area contributed by atoms with Crippen molar-refractivity contribution in [2.75, 3.05) is 23.3 Å². The molecule has 144 valence electrons. The standard InChI is InChI=1S/C22H19N5O2/c23-12-16-17(15-9-5-7-13-6-1-2-8-14(13)15)18-19(24-20(16)28)25-22(26-21(18)29)27-10-3-4-11-27/h1-2,5-9,16-17H,3-4,10-11H2,(H2,24,25,26,28,29)/t16-,17+/m1/s1. The second-order valence-corrected chi connectivity index (χ2v) is 7.49. The van der Waals surface area contributed by atoms with Crippen LogP contribution in [0.1, 0.15) is 29.9 Å². The molecular formula is C22H19N5O2. The highest BCUT2D eigenvalue weighted by Crippen LogP contribution is 2.40. The van der Waals surface area contributed by atoms with Crippen LogP contribution < -0.4 is 15.8 Å². The smallest absolute Gasteiger partial charge is 0.258 e. The van der Waals surface area contributed by atoms with E-state index in [9.17, 15) is 14.9 Å². The van der Waals surface area contributed by atoms with Crippen molar-refractivity contribution in [1.29, 1.82) is 5.26 Å². The highest BCUT2D eigenvalue weighted by Gasteiger charge is 2.41. The molecule has 7 nitrogen and oxygen atoms in total. The van der Waals surface area contributed by atoms with Crippen molar-refractivity contribution in [1.82, 2.24) is 9.97 Å². The lowest BCUT2D eigenvalue weighted by atomic mass is 9.77. The number of aromatic nitrogens is 2. The van der Waals surface area contributed by atoms with Gasteiger partial charge in [-0.05, 0) is 29.2 Å². The van der Waals surface area contributed by atoms with Gasteiger partial charge < -0.3 is 10.2 Å². The van der Waals surface area contributed by atoms with Crippen LogP contribution in [0.4, 0.5) is 11.8 Å². The van der Waals surface area contributed by atoms with Crippen molar-refractivity contribution in [3.8, 4) is 6.07 Å². The maximum atomic E-state index is 13.1. The number of H-pyrrole nitrogens is 1. The molecule has 2 N–H and O–H groups in total. The Labute approximate surface area is 167 Å². The third-order valence-corrected chi connectivity index (χ3v) is 5.81. The van der Waals surface area contributed by atoms with Gasteiger partial charge in [-0.2, -0.15) is 10.2 Å². The quantitative estimate of drug-likeness (QED) is 0.706. The summed E-state index contributed by atoms with van der Waals surface area (Å²) in [7, 11) is 0. The fourth-order valence-corrected chi connectivity index (χ4v) is 4.44. The van der Waals surface area contributed by atoms with Crippen LogP contribution in [0.15, 0.2) is 47.3 Å². The molecule has 2 aromatic carbocycles. The Morgan fingerprint density at radius 3 is 2.62 bits per heavy atom. The van der Waals surface area contributed by atoms with Crippen LogP contribution in [-0.4, -0.2) is 29.0 Å². The number of benzene rings is 2. The Kier molecular flexibility index (Phi) is 4.06. The number of fused-ring (bicyclic) bond motifs is 2. The normalized spacial score (nSPS) is 20.9. The predicted octanol–water partition coefficient (Wildman–Crippen LogP) is 2.75. The molecule has 0 spiro atoms. The van der Waals surface area contributed by atoms with Crippen LogP contribution in [0, 0.1) is 17.2 Å². The van der Waals surface area contributed by atoms with E-state index < -0.39 is 17.7 Å². The number of nitrogens with one attached hydrogen (secondary N) is 2. The number of rotatable bonds is 2. The van der Waals surface area contributed by atoms with Gasteiger partial charge in [0.05, 0.1) is 11.6 Å². The minimum Gasteiger partial charge on any atom is -0.342 e. The first-order chi connectivity index (χ1) is 14.2. The van der Waals surface area contributed by atoms with E-state index in [1.807, 2.05) is 47.4 Å². The van der Waals surface area contributed by atoms with Crippen LogP contribution >= 0.6 is 0 Å². The number of anilines is 2. The SMILES string of the molecule is N#C[C@H]1C(=O)Nc2nc(N3CCCC3)[nH]c(=O)c2[C@H]1c1cccc2ccccc12. The van der Waals surface area contributed by atoms with Gasteiger partial charge in [-0.15, -0.1) is 0 Å². The summed E-state index contributed by atoms with van der Waals surface area (Å²) in [6.45, 7) is 1.65. The molecule has 29 heavy (non-hydrogen) atoms. The molecule has 2 aliphatic rings. The summed E-state index contributed by atoms with van der Waals surface area (Å²) in [6.07, 6.45) is 2.09. The lowest BCUT2D eigenvalue weighted by molar-refractivity contribution is -0.119. The second-order valence-electron chi connectivity index (χ2n) is 7.49. The Bertz CT molecular complexity index is 1210. The number of carbonyl (C=O) groups is 1. The zero-order valence-corrected chi connectivity index (χ0v) is 15.7. The van der Waals surface area contributed by atoms with Crippen LogP contribution in [0.5, 0.6) is 0 Å². The molecule has 2 aliphatic heterocycles. The molecular weight excluding hydrogens is 366 g/mol. The van der Waals surface area contributed by atoms with Gasteiger partial charge in [0, 0.05) is 19.0 Å². The first-order valence-corrected chi connectivity index (χ1v) is 9.74. The van der Waals surface area contributed by atoms with Crippen LogP contribution in [0.25, 0.3) is 10.8 Å². The fourth-order valence-electron chi connectivity index (χ4n) is 4.44. The zero-order valence-electron chi connectivity index (χ0n) is 15.7. The van der Waals surface area contributed by atoms with E-state index in [0.717, 1.165) is 42.3 Å². The molecule has 3 heterocycles. The first-order valence-electron chi connectivity index (χ1n) is 9.74. The molecule has 7 heteroatoms. The molecule has 0 saturated carbocycles. The summed E-state index contributed by atoms with van der Waals surface area (Å²) in [6, 6.07) is 15.6. The maximum Gasteiger partial charge on any atom is 0.258 e. The number of aromatic amines is 1. The summed E-state index contributed by atoms with van der Waals surface area (Å²) in [5.41, 5.74) is 0.817. The molecule has 2 atom stereocenters. The van der Waals surface area contributed by atoms with Gasteiger partial charge >= 0.3 is 0 Å². The topological polar surface area (TPSA) is 102 Å². The van der Waals surface area contributed by atoms with E-state index in [0.29, 0.717) is 11.5 Å². The third-order valence-electron chi connectivity index (χ3n) is 5.81. The van der Waals surface area contributed by atoms with Gasteiger partial charge in [0.25, 0.3) is 5.56 Å². The van der Waals surface area contributed by atoms with Crippen LogP contribution in [-0.2, 0) is 4.79 Å². The van der Waals surface area contributed by atoms with Gasteiger partial charge in [-0.3, -0.25) is 14.6 Å². The summed E-state index contributed by atoms with van der Waals surface area (Å²) in [5, 5.41) is 14.4. The highest BCUT2D eigenvalue weighted by atomic mass is 16.2. The number of amides is 1. The van der Waals surface area contributed by atoms with Crippen LogP contribution in [0.3, 0.4) is 0 Å². The van der Waals surface area contributed by atoms with Crippen molar-refractivity contribution < 1.29 is 4.79 Å². The average Bonchev–Trinajstić information content (AvgIpc) is 3.27. The lowest BCUT2D eigenvalue weighted by Crippen LogP contribution is -2.39. The summed E-state index contributed by atoms with van der Waals surface area (Å²) < 4.78 is 0. The third kappa shape index (κ3) is 2.76. The first kappa shape index (κ1) is 17.4. The minimum atomic E-state index is -1.01. The van der Waals surface area contributed by atoms with E-state index >= 15 is 0 Å². The molecule has 0 radical (unpaired) electrons. The monoisotopic (exact) mass is 385 g/mol. The summed E-state index contributed by atoms with van der Waals surface area (Å²) >= 11 is 0. The van der Waals surface area contributed by atoms with E-state index in [-0.39, 0.29) is 11.4 Å². The Balaban J connectivity index is 1.74. The van der Waals surface area contributed by atoms with Crippen molar-refractivity contribution in [2.24, 2.45) is 5.92 Å². The Morgan fingerprint density at radius 1 is 1.07 bits per heavy atom. The Morgan fingerprint density at radius 2 is 1.83 bits per heavy atom. The van der Waals surface area contributed by atoms with Crippen molar-refractivity contribution in [2.45, 2.75) is 18.8 Å². The van der Waals surface area contributed by atoms with Gasteiger partial charge in [0.2, 0.25) is 11.9 Å². The van der Waals surface area contributed by atoms with Gasteiger partial charge in [0.15, 0.2) is 0 Å². The molecule has 3 aromatic rings. The molecule has 1 fully saturated rings. The molecule has 1 aromatic heterocycles. The number of carbonyl (C=O) groups excluding carboxylic acids is 1. The van der Waals surface area contributed by atoms with E-state index in [1.54, 1.807) is 0 Å². The molecule has 1 amide bonds. The van der Waals surface area contributed by atoms with Crippen molar-refractivity contribution >= 4 is 28.4 Å². The molecule has 5 rings (SSSR count). The zero-order chi connectivity index (χ0) is 20.0. The van der Waals surface area contributed by atoms with Crippen LogP contribution in [0.2, 0.25) is 0 Å². The fraction of sp³-hybridized carbons (Fsp3) is 0.273. The second kappa shape index (κ2) is 6.74. The lowest BCUT2D eigenvalue weighted by Gasteiger charge is -2.30. The molecule has 0 aliphatic carbocycles. The van der Waals surface area contributed by atoms with Gasteiger partial charge in [0.1, 0.15) is 11.7 Å². The van der Waals surface area contributed by atoms with Crippen molar-refractivity contribution in [3.63, 3.8) is 0 Å². The predicted molar refractivity (Wildman–Crippen MR) is 110 cm³/mol. The number of hydrogen-bond acceptors (Lipinski definition) is 5. The minimum absolute atomic E-state index is 0.255. The molecule has 1 saturated heterocycles. The summed E-state index contributed by atoms with van der Waals surface area (Å²) in [5.74, 6) is -1.39. The van der Waals surface area contributed by atoms with E-state index in [4.69, 9.17) is 0 Å². The van der Waals surface area contributed by atoms with E-state index in [2.05, 4.69) is 21.4 Å². The van der Waals surface area contributed by atoms with E-state index in [1.165, 1.54) is 0 Å². The van der Waals surface area contributed by atoms with Gasteiger partial charge in [-0.1, -0.05) is 42.5 Å². The molecule has 0 unspecified atom stereocenters. The maximum absolute atomic E-state index is 13.1. The average molecular weight is 385 g/mol. The Hall–Kier alpha value is -3.66. The van der Waals surface area contributed by atoms with Crippen molar-refractivity contribution in [3.05, 3.63) is 63.9 Å². The number of nitriles is 1. The highest BCUT2D eigenvalue weighted by molar-refractivity contribution is 5.99. The largest absolute Gasteiger partial charge is 0.342 e. The summed E-state index contributed by atoms with van der Waals surface area (Å²) in [4.78, 5) is 35.4. The number of nitrogens with zero attached hydrogens (tertiary/aromatic N) is 3. The number of hydrogen-bond donors (Lipinski definition) is 2.